The Labute approximate surface area is 301 Å². The van der Waals surface area contributed by atoms with Gasteiger partial charge in [0.25, 0.3) is 0 Å². The van der Waals surface area contributed by atoms with Crippen LogP contribution in [0.15, 0.2) is 174 Å². The number of benzene rings is 7. The van der Waals surface area contributed by atoms with Crippen molar-refractivity contribution in [1.29, 1.82) is 0 Å². The van der Waals surface area contributed by atoms with E-state index in [-0.39, 0.29) is 28.6 Å². The minimum absolute atomic E-state index is 0.0357. The van der Waals surface area contributed by atoms with E-state index < -0.39 is 60.4 Å². The average Bonchev–Trinajstić information content (AvgIpc) is 3.83. The van der Waals surface area contributed by atoms with Crippen molar-refractivity contribution >= 4 is 43.7 Å². The summed E-state index contributed by atoms with van der Waals surface area (Å²) in [6, 6.07) is 29.4. The lowest BCUT2D eigenvalue weighted by molar-refractivity contribution is 0.667. The molecule has 0 aliphatic rings. The largest absolute Gasteiger partial charge is 0.453 e. The third-order valence-electron chi connectivity index (χ3n) is 8.85. The summed E-state index contributed by atoms with van der Waals surface area (Å²) >= 11 is 0. The molecule has 0 unspecified atom stereocenters. The molecule has 7 aromatic carbocycles. The highest BCUT2D eigenvalue weighted by atomic mass is 16.3. The number of nitrogens with zero attached hydrogens (tertiary/aromatic N) is 4. The van der Waals surface area contributed by atoms with Gasteiger partial charge < -0.3 is 8.98 Å². The second kappa shape index (κ2) is 11.4. The van der Waals surface area contributed by atoms with Gasteiger partial charge in [-0.15, -0.1) is 0 Å². The molecule has 0 bridgehead atoms. The number of hydrogen-bond acceptors (Lipinski definition) is 4. The van der Waals surface area contributed by atoms with E-state index in [1.165, 1.54) is 0 Å². The van der Waals surface area contributed by atoms with E-state index >= 15 is 0 Å². The predicted octanol–water partition coefficient (Wildman–Crippen LogP) is 11.5. The number of rotatable bonds is 5. The first kappa shape index (κ1) is 19.8. The first-order valence-electron chi connectivity index (χ1n) is 20.9. The van der Waals surface area contributed by atoms with Gasteiger partial charge in [-0.1, -0.05) is 151 Å². The molecule has 50 heavy (non-hydrogen) atoms. The third kappa shape index (κ3) is 4.45. The second-order valence-electron chi connectivity index (χ2n) is 11.7. The van der Waals surface area contributed by atoms with Crippen LogP contribution in [0.2, 0.25) is 0 Å². The molecule has 234 valence electrons. The lowest BCUT2D eigenvalue weighted by Gasteiger charge is -2.13. The Morgan fingerprint density at radius 3 is 1.72 bits per heavy atom. The van der Waals surface area contributed by atoms with Crippen molar-refractivity contribution in [3.05, 3.63) is 170 Å². The molecule has 3 heterocycles. The number of furan rings is 1. The Balaban J connectivity index is 1.32. The van der Waals surface area contributed by atoms with Crippen LogP contribution in [-0.4, -0.2) is 19.5 Å². The van der Waals surface area contributed by atoms with Crippen molar-refractivity contribution in [2.75, 3.05) is 0 Å². The topological polar surface area (TPSA) is 56.7 Å². The van der Waals surface area contributed by atoms with E-state index in [1.54, 1.807) is 6.07 Å². The maximum absolute atomic E-state index is 8.80. The number of fused-ring (bicyclic) bond motifs is 6. The van der Waals surface area contributed by atoms with E-state index in [0.717, 1.165) is 43.8 Å². The number of aromatic nitrogens is 4. The van der Waals surface area contributed by atoms with Crippen LogP contribution in [0.3, 0.4) is 0 Å². The van der Waals surface area contributed by atoms with Crippen LogP contribution in [-0.2, 0) is 0 Å². The monoisotopic (exact) mass is 650 g/mol. The fraction of sp³-hybridized carbons (Fsp3) is 0. The molecule has 10 rings (SSSR count). The first-order chi connectivity index (χ1) is 29.0. The van der Waals surface area contributed by atoms with E-state index in [1.807, 2.05) is 108 Å². The van der Waals surface area contributed by atoms with Gasteiger partial charge in [0.05, 0.1) is 30.4 Å². The first-order valence-corrected chi connectivity index (χ1v) is 15.9. The zero-order valence-electron chi connectivity index (χ0n) is 36.1. The van der Waals surface area contributed by atoms with Crippen molar-refractivity contribution in [3.8, 4) is 51.0 Å². The smallest absolute Gasteiger partial charge is 0.166 e. The van der Waals surface area contributed by atoms with Gasteiger partial charge in [-0.25, -0.2) is 15.0 Å². The SMILES string of the molecule is [2H]c1c([2H])c([2H])c(-c2nc(-c3c([2H])c([2H])c([2H])c([2H])c3[2H])nc(-c3cccc4c5ccccc5n(-c5cccc6c5oc5c(-c7ccccc7)cccc56)c34)n2)c([2H])c1[2H]. The van der Waals surface area contributed by atoms with Crippen molar-refractivity contribution < 1.29 is 18.1 Å². The fourth-order valence-corrected chi connectivity index (χ4v) is 6.72. The molecule has 0 amide bonds. The molecule has 0 fully saturated rings. The molecule has 0 saturated carbocycles. The number of hydrogen-bond donors (Lipinski definition) is 0. The van der Waals surface area contributed by atoms with Crippen LogP contribution < -0.4 is 0 Å². The Morgan fingerprint density at radius 1 is 0.440 bits per heavy atom. The van der Waals surface area contributed by atoms with Crippen LogP contribution in [0.4, 0.5) is 0 Å². The summed E-state index contributed by atoms with van der Waals surface area (Å²) in [5, 5.41) is 3.50. The highest BCUT2D eigenvalue weighted by molar-refractivity contribution is 6.16. The summed E-state index contributed by atoms with van der Waals surface area (Å²) in [5.74, 6) is -0.718. The third-order valence-corrected chi connectivity index (χ3v) is 8.85. The fourth-order valence-electron chi connectivity index (χ4n) is 6.72. The second-order valence-corrected chi connectivity index (χ2v) is 11.7. The molecule has 0 radical (unpaired) electrons. The van der Waals surface area contributed by atoms with E-state index in [0.29, 0.717) is 22.4 Å². The Hall–Kier alpha value is -6.85. The van der Waals surface area contributed by atoms with Crippen molar-refractivity contribution in [1.82, 2.24) is 19.5 Å². The Morgan fingerprint density at radius 2 is 1.00 bits per heavy atom. The predicted molar refractivity (Wildman–Crippen MR) is 203 cm³/mol. The summed E-state index contributed by atoms with van der Waals surface area (Å²) in [6.07, 6.45) is 0. The standard InChI is InChI=1S/C45H28N4O/c1-4-15-29(16-5-1)32-22-12-24-35-36-25-14-28-39(42(36)50-41(32)35)49-38-27-11-10-21-33(38)34-23-13-26-37(40(34)49)45-47-43(30-17-6-2-7-18-30)46-44(48-45)31-19-8-3-9-20-31/h1-28H/i2D,3D,6D,7D,8D,9D,17D,18D,19D,20D. The van der Waals surface area contributed by atoms with E-state index in [4.69, 9.17) is 28.1 Å². The molecule has 0 N–H and O–H groups in total. The van der Waals surface area contributed by atoms with Crippen LogP contribution in [0.5, 0.6) is 0 Å². The molecule has 0 aliphatic heterocycles. The highest BCUT2D eigenvalue weighted by Gasteiger charge is 2.23. The summed E-state index contributed by atoms with van der Waals surface area (Å²) in [6.45, 7) is 0. The summed E-state index contributed by atoms with van der Waals surface area (Å²) < 4.78 is 94.2. The van der Waals surface area contributed by atoms with Crippen LogP contribution in [0.25, 0.3) is 94.7 Å². The van der Waals surface area contributed by atoms with Crippen LogP contribution in [0.1, 0.15) is 13.7 Å². The molecule has 0 saturated heterocycles. The molecule has 0 aliphatic carbocycles. The zero-order chi connectivity index (χ0) is 41.7. The molecule has 3 aromatic heterocycles. The van der Waals surface area contributed by atoms with Crippen molar-refractivity contribution in [2.24, 2.45) is 0 Å². The summed E-state index contributed by atoms with van der Waals surface area (Å²) in [7, 11) is 0. The Bertz CT molecular complexity index is 3310. The minimum Gasteiger partial charge on any atom is -0.453 e. The van der Waals surface area contributed by atoms with Gasteiger partial charge in [0.1, 0.15) is 5.58 Å². The minimum atomic E-state index is -0.617. The highest BCUT2D eigenvalue weighted by Crippen LogP contribution is 2.42. The zero-order valence-corrected chi connectivity index (χ0v) is 26.1. The van der Waals surface area contributed by atoms with Gasteiger partial charge in [0.2, 0.25) is 0 Å². The lowest BCUT2D eigenvalue weighted by Crippen LogP contribution is -2.02. The maximum atomic E-state index is 8.80. The van der Waals surface area contributed by atoms with Gasteiger partial charge >= 0.3 is 0 Å². The number of para-hydroxylation sites is 4. The van der Waals surface area contributed by atoms with E-state index in [2.05, 4.69) is 4.98 Å². The lowest BCUT2D eigenvalue weighted by atomic mass is 10.0. The average molecular weight is 651 g/mol. The Kier molecular flexibility index (Phi) is 4.52. The van der Waals surface area contributed by atoms with Crippen LogP contribution in [0, 0.1) is 0 Å². The molecule has 0 spiro atoms. The summed E-state index contributed by atoms with van der Waals surface area (Å²) in [5.41, 5.74) is 5.16. The van der Waals surface area contributed by atoms with Gasteiger partial charge in [0.15, 0.2) is 23.1 Å². The normalized spacial score (nSPS) is 14.4. The molecule has 5 nitrogen and oxygen atoms in total. The van der Waals surface area contributed by atoms with Gasteiger partial charge in [-0.3, -0.25) is 0 Å². The molecule has 0 atom stereocenters. The summed E-state index contributed by atoms with van der Waals surface area (Å²) in [4.78, 5) is 14.0. The molecule has 10 aromatic rings. The van der Waals surface area contributed by atoms with Gasteiger partial charge in [-0.2, -0.15) is 0 Å². The molecular formula is C45H28N4O. The molecule has 5 heteroatoms. The van der Waals surface area contributed by atoms with Crippen LogP contribution >= 0.6 is 0 Å². The van der Waals surface area contributed by atoms with E-state index in [9.17, 15) is 0 Å². The molecular weight excluding hydrogens is 613 g/mol. The van der Waals surface area contributed by atoms with Gasteiger partial charge in [-0.05, 0) is 23.8 Å². The quantitative estimate of drug-likeness (QED) is 0.186. The van der Waals surface area contributed by atoms with Crippen molar-refractivity contribution in [3.63, 3.8) is 0 Å². The maximum Gasteiger partial charge on any atom is 0.166 e. The van der Waals surface area contributed by atoms with Gasteiger partial charge in [0, 0.05) is 43.8 Å². The van der Waals surface area contributed by atoms with Crippen molar-refractivity contribution in [2.45, 2.75) is 0 Å².